The minimum Gasteiger partial charge on any atom is -0.273 e. The lowest BCUT2D eigenvalue weighted by Crippen LogP contribution is -2.48. The normalized spacial score (nSPS) is 9.53. The first-order valence-electron chi connectivity index (χ1n) is 5.47. The average molecular weight is 285 g/mol. The molecule has 0 saturated heterocycles. The number of hydrazine groups is 1. The molecule has 8 heteroatoms. The van der Waals surface area contributed by atoms with Crippen LogP contribution < -0.4 is 10.9 Å². The van der Waals surface area contributed by atoms with Gasteiger partial charge in [0.25, 0.3) is 0 Å². The van der Waals surface area contributed by atoms with Gasteiger partial charge in [0.05, 0.1) is 18.3 Å². The van der Waals surface area contributed by atoms with E-state index in [1.165, 1.54) is 0 Å². The average Bonchev–Trinajstić information content (AvgIpc) is 2.43. The molecule has 1 rings (SSSR count). The molecule has 19 heavy (non-hydrogen) atoms. The van der Waals surface area contributed by atoms with E-state index < -0.39 is 11.9 Å². The Morgan fingerprint density at radius 2 is 1.89 bits per heavy atom. The fourth-order valence-corrected chi connectivity index (χ4v) is 1.43. The van der Waals surface area contributed by atoms with Gasteiger partial charge in [-0.15, -0.1) is 16.5 Å². The molecule has 0 unspecified atom stereocenters. The van der Waals surface area contributed by atoms with Gasteiger partial charge in [-0.1, -0.05) is 30.3 Å². The van der Waals surface area contributed by atoms with Crippen molar-refractivity contribution >= 4 is 23.5 Å². The third-order valence-corrected chi connectivity index (χ3v) is 2.31. The second-order valence-corrected chi connectivity index (χ2v) is 3.91. The van der Waals surface area contributed by atoms with Crippen molar-refractivity contribution in [1.82, 2.24) is 15.9 Å². The van der Waals surface area contributed by atoms with E-state index in [0.717, 1.165) is 5.56 Å². The van der Waals surface area contributed by atoms with Crippen LogP contribution in [0.15, 0.2) is 35.6 Å². The predicted molar refractivity (Wildman–Crippen MR) is 70.0 cm³/mol. The molecular weight excluding hydrogens is 272 g/mol. The van der Waals surface area contributed by atoms with E-state index in [1.54, 1.807) is 24.3 Å². The molecule has 0 atom stereocenters. The Balaban J connectivity index is 2.37. The maximum atomic E-state index is 11.5. The van der Waals surface area contributed by atoms with Crippen molar-refractivity contribution in [2.75, 3.05) is 12.4 Å². The van der Waals surface area contributed by atoms with Gasteiger partial charge < -0.3 is 0 Å². The molecule has 0 saturated carbocycles. The Labute approximate surface area is 114 Å². The smallest absolute Gasteiger partial charge is 0.273 e. The van der Waals surface area contributed by atoms with E-state index in [0.29, 0.717) is 5.01 Å². The first-order chi connectivity index (χ1) is 9.17. The second kappa shape index (κ2) is 8.04. The van der Waals surface area contributed by atoms with Crippen molar-refractivity contribution in [3.63, 3.8) is 0 Å². The Morgan fingerprint density at radius 3 is 2.47 bits per heavy atom. The SMILES string of the molecule is O=NN(CCCl)C(=O)NNC(=O)Cc1ccccc1. The van der Waals surface area contributed by atoms with Crippen molar-refractivity contribution in [3.8, 4) is 0 Å². The van der Waals surface area contributed by atoms with Gasteiger partial charge in [0.2, 0.25) is 5.91 Å². The summed E-state index contributed by atoms with van der Waals surface area (Å²) in [6.45, 7) is -0.0363. The number of urea groups is 1. The fraction of sp³-hybridized carbons (Fsp3) is 0.273. The summed E-state index contributed by atoms with van der Waals surface area (Å²) >= 11 is 5.38. The highest BCUT2D eigenvalue weighted by Gasteiger charge is 2.13. The number of carbonyl (C=O) groups is 2. The minimum absolute atomic E-state index is 0.0363. The van der Waals surface area contributed by atoms with Crippen molar-refractivity contribution in [1.29, 1.82) is 0 Å². The number of benzene rings is 1. The molecule has 0 aliphatic carbocycles. The molecule has 7 nitrogen and oxygen atoms in total. The monoisotopic (exact) mass is 284 g/mol. The van der Waals surface area contributed by atoms with E-state index in [2.05, 4.69) is 16.1 Å². The zero-order valence-corrected chi connectivity index (χ0v) is 10.8. The van der Waals surface area contributed by atoms with Crippen LogP contribution >= 0.6 is 11.6 Å². The standard InChI is InChI=1S/C11H13ClN4O3/c12-6-7-16(15-19)11(18)14-13-10(17)8-9-4-2-1-3-5-9/h1-5H,6-8H2,(H,13,17)(H,14,18). The number of rotatable bonds is 5. The Bertz CT molecular complexity index is 441. The molecule has 3 amide bonds. The minimum atomic E-state index is -0.836. The molecule has 1 aromatic rings. The van der Waals surface area contributed by atoms with Crippen molar-refractivity contribution in [2.45, 2.75) is 6.42 Å². The molecule has 102 valence electrons. The molecule has 0 radical (unpaired) electrons. The lowest BCUT2D eigenvalue weighted by molar-refractivity contribution is -0.121. The van der Waals surface area contributed by atoms with Crippen LogP contribution in [0.1, 0.15) is 5.56 Å². The molecule has 1 aromatic carbocycles. The van der Waals surface area contributed by atoms with Gasteiger partial charge in [-0.3, -0.25) is 10.2 Å². The van der Waals surface area contributed by atoms with Gasteiger partial charge in [0, 0.05) is 5.88 Å². The summed E-state index contributed by atoms with van der Waals surface area (Å²) in [5.74, 6) is -0.340. The lowest BCUT2D eigenvalue weighted by Gasteiger charge is -2.13. The summed E-state index contributed by atoms with van der Waals surface area (Å²) in [5.41, 5.74) is 5.06. The summed E-state index contributed by atoms with van der Waals surface area (Å²) in [4.78, 5) is 33.2. The number of nitrogens with zero attached hydrogens (tertiary/aromatic N) is 2. The molecule has 0 aliphatic rings. The van der Waals surface area contributed by atoms with E-state index in [4.69, 9.17) is 11.6 Å². The van der Waals surface area contributed by atoms with Gasteiger partial charge in [-0.05, 0) is 5.56 Å². The number of nitroso groups, excluding NO2 is 1. The highest BCUT2D eigenvalue weighted by molar-refractivity contribution is 6.18. The number of amides is 3. The number of hydrogen-bond donors (Lipinski definition) is 2. The largest absolute Gasteiger partial charge is 0.359 e. The van der Waals surface area contributed by atoms with Crippen LogP contribution in [0.25, 0.3) is 0 Å². The zero-order chi connectivity index (χ0) is 14.1. The Morgan fingerprint density at radius 1 is 1.21 bits per heavy atom. The number of carbonyl (C=O) groups excluding carboxylic acids is 2. The fourth-order valence-electron chi connectivity index (χ4n) is 1.27. The summed E-state index contributed by atoms with van der Waals surface area (Å²) < 4.78 is 0. The zero-order valence-electron chi connectivity index (χ0n) is 10.0. The van der Waals surface area contributed by atoms with E-state index in [1.807, 2.05) is 6.07 Å². The summed E-state index contributed by atoms with van der Waals surface area (Å²) in [5, 5.41) is 3.05. The third kappa shape index (κ3) is 5.35. The van der Waals surface area contributed by atoms with Crippen LogP contribution in [-0.2, 0) is 11.2 Å². The van der Waals surface area contributed by atoms with Gasteiger partial charge in [0.15, 0.2) is 0 Å². The summed E-state index contributed by atoms with van der Waals surface area (Å²) in [6.07, 6.45) is 0.116. The van der Waals surface area contributed by atoms with Gasteiger partial charge in [0.1, 0.15) is 0 Å². The van der Waals surface area contributed by atoms with Crippen LogP contribution in [0.5, 0.6) is 0 Å². The van der Waals surface area contributed by atoms with E-state index >= 15 is 0 Å². The van der Waals surface area contributed by atoms with Crippen LogP contribution in [0, 0.1) is 4.91 Å². The maximum absolute atomic E-state index is 11.5. The van der Waals surface area contributed by atoms with Crippen molar-refractivity contribution in [2.24, 2.45) is 5.29 Å². The summed E-state index contributed by atoms with van der Waals surface area (Å²) in [7, 11) is 0. The van der Waals surface area contributed by atoms with Gasteiger partial charge in [-0.2, -0.15) is 5.01 Å². The van der Waals surface area contributed by atoms with Crippen LogP contribution in [0.2, 0.25) is 0 Å². The van der Waals surface area contributed by atoms with Gasteiger partial charge >= 0.3 is 6.03 Å². The number of nitrogens with one attached hydrogen (secondary N) is 2. The van der Waals surface area contributed by atoms with Crippen molar-refractivity contribution in [3.05, 3.63) is 40.8 Å². The lowest BCUT2D eigenvalue weighted by atomic mass is 10.1. The first kappa shape index (κ1) is 14.9. The molecule has 0 heterocycles. The predicted octanol–water partition coefficient (Wildman–Crippen LogP) is 1.19. The van der Waals surface area contributed by atoms with Crippen LogP contribution in [0.3, 0.4) is 0 Å². The maximum Gasteiger partial charge on any atom is 0.359 e. The Hall–Kier alpha value is -2.15. The number of halogens is 1. The molecule has 0 aliphatic heterocycles. The number of alkyl halides is 1. The highest BCUT2D eigenvalue weighted by Crippen LogP contribution is 1.98. The number of hydrogen-bond acceptors (Lipinski definition) is 4. The topological polar surface area (TPSA) is 90.9 Å². The quantitative estimate of drug-likeness (QED) is 0.483. The molecule has 0 aromatic heterocycles. The Kier molecular flexibility index (Phi) is 6.31. The summed E-state index contributed by atoms with van der Waals surface area (Å²) in [6, 6.07) is 8.18. The van der Waals surface area contributed by atoms with Gasteiger partial charge in [-0.25, -0.2) is 10.2 Å². The molecule has 2 N–H and O–H groups in total. The van der Waals surface area contributed by atoms with Crippen LogP contribution in [-0.4, -0.2) is 29.4 Å². The van der Waals surface area contributed by atoms with Crippen molar-refractivity contribution < 1.29 is 9.59 Å². The first-order valence-corrected chi connectivity index (χ1v) is 6.00. The molecular formula is C11H13ClN4O3. The van der Waals surface area contributed by atoms with E-state index in [-0.39, 0.29) is 18.8 Å². The molecule has 0 spiro atoms. The van der Waals surface area contributed by atoms with Crippen LogP contribution in [0.4, 0.5) is 4.79 Å². The van der Waals surface area contributed by atoms with E-state index in [9.17, 15) is 14.5 Å². The second-order valence-electron chi connectivity index (χ2n) is 3.53. The third-order valence-electron chi connectivity index (χ3n) is 2.15. The highest BCUT2D eigenvalue weighted by atomic mass is 35.5. The molecule has 0 fully saturated rings. The molecule has 0 bridgehead atoms.